The number of hydrogen-bond donors (Lipinski definition) is 1. The molecule has 0 bridgehead atoms. The van der Waals surface area contributed by atoms with Crippen LogP contribution < -0.4 is 4.97 Å². The lowest BCUT2D eigenvalue weighted by atomic mass is 9.52. The van der Waals surface area contributed by atoms with Crippen molar-refractivity contribution in [2.75, 3.05) is 12.1 Å². The van der Waals surface area contributed by atoms with E-state index in [1.165, 1.54) is 19.4 Å². The normalized spacial score (nSPS) is 14.5. The van der Waals surface area contributed by atoms with E-state index in [2.05, 4.69) is 9.72 Å². The van der Waals surface area contributed by atoms with E-state index in [9.17, 15) is 14.8 Å². The zero-order chi connectivity index (χ0) is 13.3. The summed E-state index contributed by atoms with van der Waals surface area (Å²) in [5.41, 5.74) is 1.04. The van der Waals surface area contributed by atoms with Crippen LogP contribution in [-0.4, -0.2) is 35.8 Å². The van der Waals surface area contributed by atoms with Crippen LogP contribution in [0.5, 0.6) is 0 Å². The van der Waals surface area contributed by atoms with Crippen LogP contribution in [0.25, 0.3) is 0 Å². The van der Waals surface area contributed by atoms with E-state index in [0.29, 0.717) is 17.7 Å². The molecule has 18 heavy (non-hydrogen) atoms. The van der Waals surface area contributed by atoms with Crippen molar-refractivity contribution in [3.63, 3.8) is 0 Å². The van der Waals surface area contributed by atoms with Gasteiger partial charge >= 0.3 is 12.8 Å². The number of aromatic nitrogens is 1. The molecule has 0 spiro atoms. The molecule has 1 N–H and O–H groups in total. The molecule has 0 amide bonds. The smallest absolute Gasteiger partial charge is 0.364 e. The molecular weight excluding hydrogens is 235 g/mol. The van der Waals surface area contributed by atoms with Crippen LogP contribution in [0.1, 0.15) is 23.0 Å². The Balaban J connectivity index is 2.43. The molecule has 0 radical (unpaired) electrons. The number of esters is 1. The Bertz CT molecular complexity index is 506. The number of ether oxygens (including phenoxy) is 1. The van der Waals surface area contributed by atoms with Gasteiger partial charge in [-0.05, 0) is 12.4 Å². The Kier molecular flexibility index (Phi) is 3.33. The maximum absolute atomic E-state index is 11.7. The largest absolute Gasteiger partial charge is 0.465 e. The summed E-state index contributed by atoms with van der Waals surface area (Å²) in [7, 11) is 1.27. The fourth-order valence-corrected chi connectivity index (χ4v) is 2.03. The molecule has 0 atom stereocenters. The highest BCUT2D eigenvalue weighted by atomic mass is 16.5. The van der Waals surface area contributed by atoms with Gasteiger partial charge in [-0.25, -0.2) is 4.79 Å². The third-order valence-electron chi connectivity index (χ3n) is 3.01. The minimum absolute atomic E-state index is 0.0779. The molecule has 0 saturated heterocycles. The van der Waals surface area contributed by atoms with Crippen molar-refractivity contribution in [1.82, 2.24) is 4.98 Å². The van der Waals surface area contributed by atoms with E-state index in [0.717, 1.165) is 4.97 Å². The van der Waals surface area contributed by atoms with E-state index in [1.54, 1.807) is 0 Å². The van der Waals surface area contributed by atoms with Crippen LogP contribution >= 0.6 is 0 Å². The van der Waals surface area contributed by atoms with Gasteiger partial charge in [0.2, 0.25) is 0 Å². The Morgan fingerprint density at radius 1 is 1.67 bits per heavy atom. The lowest BCUT2D eigenvalue weighted by molar-refractivity contribution is -0.112. The molecule has 0 unspecified atom stereocenters. The molecule has 2 rings (SSSR count). The van der Waals surface area contributed by atoms with Crippen molar-refractivity contribution in [3.05, 3.63) is 23.5 Å². The number of anilines is 1. The third kappa shape index (κ3) is 1.97. The number of carbonyl (C=O) groups is 2. The van der Waals surface area contributed by atoms with Crippen molar-refractivity contribution in [2.24, 2.45) is 0 Å². The van der Waals surface area contributed by atoms with Crippen molar-refractivity contribution >= 4 is 24.2 Å². The molecule has 1 aliphatic rings. The monoisotopic (exact) mass is 248 g/mol. The molecule has 94 valence electrons. The van der Waals surface area contributed by atoms with Gasteiger partial charge in [-0.15, -0.1) is 0 Å². The maximum atomic E-state index is 11.7. The van der Waals surface area contributed by atoms with Crippen LogP contribution in [0.15, 0.2) is 12.3 Å². The number of rotatable bonds is 2. The molecule has 7 heteroatoms. The fraction of sp³-hybridized carbons (Fsp3) is 0.364. The van der Waals surface area contributed by atoms with E-state index in [4.69, 9.17) is 0 Å². The second-order valence-corrected chi connectivity index (χ2v) is 4.09. The van der Waals surface area contributed by atoms with E-state index >= 15 is 0 Å². The van der Waals surface area contributed by atoms with Crippen LogP contribution in [0, 0.1) is 0 Å². The van der Waals surface area contributed by atoms with E-state index in [1.807, 2.05) is 6.92 Å². The molecule has 0 fully saturated rings. The van der Waals surface area contributed by atoms with Gasteiger partial charge in [-0.1, -0.05) is 6.92 Å². The standard InChI is InChI=1S/C11H13BN2O4/c1-3-12-10(15)5-8-9(14(12)17)4-7(6-13-8)11(16)18-2/h4,6,17H,3,5H2,1-2H3. The zero-order valence-corrected chi connectivity index (χ0v) is 10.2. The van der Waals surface area contributed by atoms with Gasteiger partial charge < -0.3 is 14.7 Å². The Morgan fingerprint density at radius 2 is 2.39 bits per heavy atom. The van der Waals surface area contributed by atoms with Crippen molar-refractivity contribution in [3.8, 4) is 0 Å². The predicted molar refractivity (Wildman–Crippen MR) is 64.8 cm³/mol. The van der Waals surface area contributed by atoms with E-state index in [-0.39, 0.29) is 17.7 Å². The lowest BCUT2D eigenvalue weighted by Gasteiger charge is -2.29. The highest BCUT2D eigenvalue weighted by molar-refractivity contribution is 6.92. The topological polar surface area (TPSA) is 79.7 Å². The number of nitrogens with zero attached hydrogens (tertiary/aromatic N) is 2. The van der Waals surface area contributed by atoms with Crippen molar-refractivity contribution in [2.45, 2.75) is 19.7 Å². The van der Waals surface area contributed by atoms with Crippen LogP contribution in [0.4, 0.5) is 5.69 Å². The minimum atomic E-state index is -0.577. The average Bonchev–Trinajstić information content (AvgIpc) is 2.38. The van der Waals surface area contributed by atoms with Gasteiger partial charge in [0.25, 0.3) is 0 Å². The SMILES string of the molecule is CCB1C(=O)Cc2ncc(C(=O)OC)cc2N1O. The summed E-state index contributed by atoms with van der Waals surface area (Å²) in [6.45, 7) is 1.24. The van der Waals surface area contributed by atoms with Gasteiger partial charge in [0, 0.05) is 12.6 Å². The minimum Gasteiger partial charge on any atom is -0.465 e. The van der Waals surface area contributed by atoms with Crippen LogP contribution in [0.2, 0.25) is 6.32 Å². The summed E-state index contributed by atoms with van der Waals surface area (Å²) >= 11 is 0. The van der Waals surface area contributed by atoms with Gasteiger partial charge in [0.15, 0.2) is 0 Å². The number of fused-ring (bicyclic) bond motifs is 1. The van der Waals surface area contributed by atoms with Gasteiger partial charge in [0.1, 0.15) is 5.68 Å². The van der Waals surface area contributed by atoms with Gasteiger partial charge in [-0.3, -0.25) is 9.96 Å². The predicted octanol–water partition coefficient (Wildman–Crippen LogP) is 0.740. The lowest BCUT2D eigenvalue weighted by Crippen LogP contribution is -2.48. The summed E-state index contributed by atoms with van der Waals surface area (Å²) in [4.78, 5) is 28.1. The van der Waals surface area contributed by atoms with E-state index < -0.39 is 12.8 Å². The van der Waals surface area contributed by atoms with Gasteiger partial charge in [0.05, 0.1) is 24.1 Å². The molecule has 2 heterocycles. The first-order valence-electron chi connectivity index (χ1n) is 5.66. The molecule has 6 nitrogen and oxygen atoms in total. The molecular formula is C11H13BN2O4. The average molecular weight is 248 g/mol. The molecule has 1 aromatic rings. The first-order chi connectivity index (χ1) is 8.58. The first-order valence-corrected chi connectivity index (χ1v) is 5.66. The quantitative estimate of drug-likeness (QED) is 0.614. The number of hydrogen-bond acceptors (Lipinski definition) is 6. The zero-order valence-electron chi connectivity index (χ0n) is 10.2. The van der Waals surface area contributed by atoms with Crippen molar-refractivity contribution < 1.29 is 19.5 Å². The summed E-state index contributed by atoms with van der Waals surface area (Å²) in [5, 5.41) is 9.99. The Hall–Kier alpha value is -1.89. The molecule has 1 aliphatic heterocycles. The van der Waals surface area contributed by atoms with Gasteiger partial charge in [-0.2, -0.15) is 0 Å². The molecule has 0 aromatic carbocycles. The van der Waals surface area contributed by atoms with Crippen LogP contribution in [0.3, 0.4) is 0 Å². The number of pyridine rings is 1. The second-order valence-electron chi connectivity index (χ2n) is 4.09. The summed E-state index contributed by atoms with van der Waals surface area (Å²) < 4.78 is 4.59. The highest BCUT2D eigenvalue weighted by Gasteiger charge is 2.36. The Morgan fingerprint density at radius 3 is 3.00 bits per heavy atom. The van der Waals surface area contributed by atoms with Crippen molar-refractivity contribution in [1.29, 1.82) is 0 Å². The summed E-state index contributed by atoms with van der Waals surface area (Å²) in [5.74, 6) is -0.524. The fourth-order valence-electron chi connectivity index (χ4n) is 2.03. The number of methoxy groups -OCH3 is 1. The molecule has 1 aromatic heterocycles. The summed E-state index contributed by atoms with van der Waals surface area (Å²) in [6.07, 6.45) is 2.02. The highest BCUT2D eigenvalue weighted by Crippen LogP contribution is 2.26. The molecule has 0 saturated carbocycles. The number of carbonyl (C=O) groups excluding carboxylic acids is 2. The Labute approximate surface area is 105 Å². The third-order valence-corrected chi connectivity index (χ3v) is 3.01. The first kappa shape index (κ1) is 12.6. The van der Waals surface area contributed by atoms with Crippen LogP contribution in [-0.2, 0) is 16.0 Å². The second kappa shape index (κ2) is 4.77. The summed E-state index contributed by atoms with van der Waals surface area (Å²) in [6, 6.07) is 1.49. The maximum Gasteiger partial charge on any atom is 0.364 e. The molecule has 0 aliphatic carbocycles.